The Labute approximate surface area is 163 Å². The molecule has 0 bridgehead atoms. The third-order valence-corrected chi connectivity index (χ3v) is 5.28. The molecule has 0 saturated heterocycles. The van der Waals surface area contributed by atoms with Crippen molar-refractivity contribution in [1.29, 1.82) is 0 Å². The predicted molar refractivity (Wildman–Crippen MR) is 115 cm³/mol. The van der Waals surface area contributed by atoms with Crippen molar-refractivity contribution >= 4 is 0 Å². The summed E-state index contributed by atoms with van der Waals surface area (Å²) in [6, 6.07) is 21.6. The first kappa shape index (κ1) is 19.3. The number of hydrogen-bond acceptors (Lipinski definition) is 2. The first-order valence-corrected chi connectivity index (χ1v) is 9.90. The van der Waals surface area contributed by atoms with E-state index in [1.165, 1.54) is 16.7 Å². The number of benzene rings is 2. The Morgan fingerprint density at radius 2 is 1.33 bits per heavy atom. The molecular weight excluding hydrogens is 328 g/mol. The summed E-state index contributed by atoms with van der Waals surface area (Å²) in [4.78, 5) is 0. The molecule has 0 amide bonds. The molecular formula is C25H30N2. The molecule has 1 aliphatic carbocycles. The zero-order valence-corrected chi connectivity index (χ0v) is 15.9. The van der Waals surface area contributed by atoms with Gasteiger partial charge < -0.3 is 11.5 Å². The van der Waals surface area contributed by atoms with Gasteiger partial charge in [0.15, 0.2) is 0 Å². The highest BCUT2D eigenvalue weighted by Crippen LogP contribution is 2.39. The molecule has 2 aromatic rings. The van der Waals surface area contributed by atoms with Crippen LogP contribution in [-0.2, 0) is 0 Å². The van der Waals surface area contributed by atoms with Crippen LogP contribution in [0.3, 0.4) is 0 Å². The van der Waals surface area contributed by atoms with Gasteiger partial charge in [-0.15, -0.1) is 0 Å². The van der Waals surface area contributed by atoms with Gasteiger partial charge >= 0.3 is 0 Å². The van der Waals surface area contributed by atoms with E-state index in [4.69, 9.17) is 11.5 Å². The van der Waals surface area contributed by atoms with Crippen molar-refractivity contribution in [3.63, 3.8) is 0 Å². The Hall–Kier alpha value is -2.42. The molecule has 140 valence electrons. The van der Waals surface area contributed by atoms with Crippen molar-refractivity contribution in [2.75, 3.05) is 13.1 Å². The SMILES string of the molecule is NCCC(C=C1C=CC=CC1C(c1ccccc1)c1ccccc1)CCN. The first-order chi connectivity index (χ1) is 13.3. The fraction of sp³-hybridized carbons (Fsp3) is 0.280. The van der Waals surface area contributed by atoms with Gasteiger partial charge in [-0.2, -0.15) is 0 Å². The van der Waals surface area contributed by atoms with E-state index >= 15 is 0 Å². The molecule has 0 aliphatic heterocycles. The van der Waals surface area contributed by atoms with Gasteiger partial charge in [-0.05, 0) is 48.5 Å². The lowest BCUT2D eigenvalue weighted by Gasteiger charge is -2.29. The van der Waals surface area contributed by atoms with E-state index in [1.807, 2.05) is 0 Å². The molecule has 2 nitrogen and oxygen atoms in total. The maximum Gasteiger partial charge on any atom is 0.0193 e. The number of rotatable bonds is 8. The Kier molecular flexibility index (Phi) is 7.20. The molecule has 1 unspecified atom stereocenters. The summed E-state index contributed by atoms with van der Waals surface area (Å²) in [6.45, 7) is 1.39. The van der Waals surface area contributed by atoms with Crippen LogP contribution in [0.4, 0.5) is 0 Å². The van der Waals surface area contributed by atoms with Crippen molar-refractivity contribution in [2.24, 2.45) is 23.3 Å². The maximum atomic E-state index is 5.84. The summed E-state index contributed by atoms with van der Waals surface area (Å²) >= 11 is 0. The van der Waals surface area contributed by atoms with Gasteiger partial charge in [0.2, 0.25) is 0 Å². The summed E-state index contributed by atoms with van der Waals surface area (Å²) < 4.78 is 0. The lowest BCUT2D eigenvalue weighted by atomic mass is 9.74. The Balaban J connectivity index is 2.01. The first-order valence-electron chi connectivity index (χ1n) is 9.90. The topological polar surface area (TPSA) is 52.0 Å². The lowest BCUT2D eigenvalue weighted by Crippen LogP contribution is -2.18. The molecule has 0 fully saturated rings. The third kappa shape index (κ3) is 5.06. The molecule has 2 heteroatoms. The lowest BCUT2D eigenvalue weighted by molar-refractivity contribution is 0.548. The van der Waals surface area contributed by atoms with Crippen LogP contribution >= 0.6 is 0 Å². The predicted octanol–water partition coefficient (Wildman–Crippen LogP) is 4.80. The monoisotopic (exact) mass is 358 g/mol. The normalized spacial score (nSPS) is 17.9. The van der Waals surface area contributed by atoms with E-state index in [1.54, 1.807) is 0 Å². The molecule has 1 aliphatic rings. The molecule has 0 spiro atoms. The van der Waals surface area contributed by atoms with Gasteiger partial charge in [-0.1, -0.05) is 91.0 Å². The van der Waals surface area contributed by atoms with Gasteiger partial charge in [0, 0.05) is 11.8 Å². The van der Waals surface area contributed by atoms with Crippen molar-refractivity contribution < 1.29 is 0 Å². The quantitative estimate of drug-likeness (QED) is 0.712. The van der Waals surface area contributed by atoms with E-state index in [9.17, 15) is 0 Å². The van der Waals surface area contributed by atoms with Gasteiger partial charge in [-0.3, -0.25) is 0 Å². The van der Waals surface area contributed by atoms with Gasteiger partial charge in [0.05, 0.1) is 0 Å². The van der Waals surface area contributed by atoms with Gasteiger partial charge in [0.25, 0.3) is 0 Å². The van der Waals surface area contributed by atoms with E-state index in [2.05, 4.69) is 91.0 Å². The van der Waals surface area contributed by atoms with Crippen molar-refractivity contribution in [3.05, 3.63) is 108 Å². The van der Waals surface area contributed by atoms with Crippen LogP contribution < -0.4 is 11.5 Å². The molecule has 0 heterocycles. The minimum absolute atomic E-state index is 0.288. The summed E-state index contributed by atoms with van der Waals surface area (Å²) in [5.74, 6) is 1.02. The highest BCUT2D eigenvalue weighted by Gasteiger charge is 2.26. The fourth-order valence-corrected chi connectivity index (χ4v) is 3.98. The molecule has 2 aromatic carbocycles. The maximum absolute atomic E-state index is 5.84. The van der Waals surface area contributed by atoms with Crippen LogP contribution in [0.1, 0.15) is 29.9 Å². The zero-order chi connectivity index (χ0) is 18.9. The minimum atomic E-state index is 0.288. The molecule has 4 N–H and O–H groups in total. The van der Waals surface area contributed by atoms with E-state index < -0.39 is 0 Å². The average Bonchev–Trinajstić information content (AvgIpc) is 2.71. The van der Waals surface area contributed by atoms with Crippen LogP contribution in [0.25, 0.3) is 0 Å². The number of allylic oxidation sites excluding steroid dienone is 6. The van der Waals surface area contributed by atoms with Crippen LogP contribution in [0.2, 0.25) is 0 Å². The molecule has 0 saturated carbocycles. The van der Waals surface area contributed by atoms with Gasteiger partial charge in [0.1, 0.15) is 0 Å². The largest absolute Gasteiger partial charge is 0.330 e. The summed E-state index contributed by atoms with van der Waals surface area (Å²) in [5, 5.41) is 0. The number of hydrogen-bond donors (Lipinski definition) is 2. The Morgan fingerprint density at radius 1 is 0.778 bits per heavy atom. The van der Waals surface area contributed by atoms with Crippen molar-refractivity contribution in [3.8, 4) is 0 Å². The second kappa shape index (κ2) is 10.1. The number of nitrogens with two attached hydrogens (primary N) is 2. The third-order valence-electron chi connectivity index (χ3n) is 5.28. The fourth-order valence-electron chi connectivity index (χ4n) is 3.98. The molecule has 1 atom stereocenters. The van der Waals surface area contributed by atoms with E-state index in [0.29, 0.717) is 24.9 Å². The minimum Gasteiger partial charge on any atom is -0.330 e. The molecule has 0 aromatic heterocycles. The van der Waals surface area contributed by atoms with Crippen LogP contribution in [0.15, 0.2) is 96.6 Å². The summed E-state index contributed by atoms with van der Waals surface area (Å²) in [7, 11) is 0. The Bertz CT molecular complexity index is 729. The van der Waals surface area contributed by atoms with Gasteiger partial charge in [-0.25, -0.2) is 0 Å². The van der Waals surface area contributed by atoms with Crippen LogP contribution in [-0.4, -0.2) is 13.1 Å². The molecule has 0 radical (unpaired) electrons. The van der Waals surface area contributed by atoms with Crippen LogP contribution in [0, 0.1) is 11.8 Å². The van der Waals surface area contributed by atoms with Crippen molar-refractivity contribution in [1.82, 2.24) is 0 Å². The highest BCUT2D eigenvalue weighted by atomic mass is 14.5. The molecule has 27 heavy (non-hydrogen) atoms. The zero-order valence-electron chi connectivity index (χ0n) is 15.9. The second-order valence-electron chi connectivity index (χ2n) is 7.15. The average molecular weight is 359 g/mol. The smallest absolute Gasteiger partial charge is 0.0193 e. The summed E-state index contributed by atoms with van der Waals surface area (Å²) in [5.41, 5.74) is 15.7. The molecule has 3 rings (SSSR count). The van der Waals surface area contributed by atoms with Crippen LogP contribution in [0.5, 0.6) is 0 Å². The second-order valence-corrected chi connectivity index (χ2v) is 7.15. The highest BCUT2D eigenvalue weighted by molar-refractivity contribution is 5.43. The Morgan fingerprint density at radius 3 is 1.85 bits per heavy atom. The van der Waals surface area contributed by atoms with Crippen molar-refractivity contribution in [2.45, 2.75) is 18.8 Å². The summed E-state index contributed by atoms with van der Waals surface area (Å²) in [6.07, 6.45) is 13.3. The standard InChI is InChI=1S/C25H30N2/c26-17-15-20(16-18-27)19-23-13-7-8-14-24(23)25(21-9-3-1-4-10-21)22-11-5-2-6-12-22/h1-14,19-20,24-25H,15-18,26-27H2. The van der Waals surface area contributed by atoms with E-state index in [0.717, 1.165) is 12.8 Å². The van der Waals surface area contributed by atoms with E-state index in [-0.39, 0.29) is 5.92 Å².